The molecule has 0 atom stereocenters. The number of carbonyl (C=O) groups excluding carboxylic acids is 2. The van der Waals surface area contributed by atoms with Crippen molar-refractivity contribution in [3.8, 4) is 5.75 Å². The number of nitrogens with one attached hydrogen (secondary N) is 1. The molecular formula is C22H19NO4. The molecule has 0 unspecified atom stereocenters. The minimum atomic E-state index is -0.501. The third-order valence-electron chi connectivity index (χ3n) is 3.95. The Balaban J connectivity index is 1.65. The molecule has 0 heterocycles. The summed E-state index contributed by atoms with van der Waals surface area (Å²) in [4.78, 5) is 24.3. The largest absolute Gasteiger partial charge is 0.489 e. The fourth-order valence-electron chi connectivity index (χ4n) is 2.51. The van der Waals surface area contributed by atoms with Crippen LogP contribution in [0, 0.1) is 0 Å². The number of hydrogen-bond donors (Lipinski definition) is 1. The first-order chi connectivity index (χ1) is 13.2. The Labute approximate surface area is 157 Å². The lowest BCUT2D eigenvalue weighted by Crippen LogP contribution is -2.15. The Morgan fingerprint density at radius 3 is 2.22 bits per heavy atom. The van der Waals surface area contributed by atoms with Crippen molar-refractivity contribution in [2.75, 3.05) is 12.4 Å². The van der Waals surface area contributed by atoms with Crippen molar-refractivity contribution in [1.82, 2.24) is 0 Å². The Hall–Kier alpha value is -3.60. The Morgan fingerprint density at radius 2 is 1.52 bits per heavy atom. The van der Waals surface area contributed by atoms with Crippen LogP contribution in [0.3, 0.4) is 0 Å². The molecule has 3 rings (SSSR count). The van der Waals surface area contributed by atoms with E-state index in [9.17, 15) is 9.59 Å². The number of esters is 1. The maximum atomic E-state index is 12.5. The van der Waals surface area contributed by atoms with Gasteiger partial charge in [0.25, 0.3) is 5.91 Å². The van der Waals surface area contributed by atoms with Crippen molar-refractivity contribution < 1.29 is 19.1 Å². The van der Waals surface area contributed by atoms with Gasteiger partial charge >= 0.3 is 5.97 Å². The lowest BCUT2D eigenvalue weighted by atomic mass is 10.1. The van der Waals surface area contributed by atoms with Crippen LogP contribution in [0.25, 0.3) is 0 Å². The highest BCUT2D eigenvalue weighted by Gasteiger charge is 2.14. The molecule has 0 radical (unpaired) electrons. The van der Waals surface area contributed by atoms with Gasteiger partial charge < -0.3 is 14.8 Å². The van der Waals surface area contributed by atoms with Gasteiger partial charge in [-0.2, -0.15) is 0 Å². The SMILES string of the molecule is COC(=O)c1ccccc1NC(=O)c1ccc(COc2ccccc2)cc1. The molecule has 1 amide bonds. The first-order valence-corrected chi connectivity index (χ1v) is 8.43. The molecule has 5 nitrogen and oxygen atoms in total. The van der Waals surface area contributed by atoms with Crippen LogP contribution in [-0.4, -0.2) is 19.0 Å². The minimum absolute atomic E-state index is 0.304. The van der Waals surface area contributed by atoms with Crippen LogP contribution in [0.5, 0.6) is 5.75 Å². The van der Waals surface area contributed by atoms with Crippen LogP contribution in [0.15, 0.2) is 78.9 Å². The van der Waals surface area contributed by atoms with Crippen LogP contribution < -0.4 is 10.1 Å². The normalized spacial score (nSPS) is 10.1. The fraction of sp³-hybridized carbons (Fsp3) is 0.0909. The monoisotopic (exact) mass is 361 g/mol. The second kappa shape index (κ2) is 8.67. The third kappa shape index (κ3) is 4.73. The Bertz CT molecular complexity index is 921. The second-order valence-corrected chi connectivity index (χ2v) is 5.79. The molecule has 0 bridgehead atoms. The molecule has 0 saturated carbocycles. The first-order valence-electron chi connectivity index (χ1n) is 8.43. The van der Waals surface area contributed by atoms with Gasteiger partial charge in [-0.1, -0.05) is 42.5 Å². The number of rotatable bonds is 6. The zero-order valence-corrected chi connectivity index (χ0v) is 14.8. The highest BCUT2D eigenvalue weighted by atomic mass is 16.5. The molecule has 0 aliphatic rings. The summed E-state index contributed by atoms with van der Waals surface area (Å²) in [5, 5.41) is 2.75. The average molecular weight is 361 g/mol. The van der Waals surface area contributed by atoms with E-state index in [0.717, 1.165) is 11.3 Å². The van der Waals surface area contributed by atoms with Gasteiger partial charge in [0.2, 0.25) is 0 Å². The van der Waals surface area contributed by atoms with Crippen LogP contribution in [0.4, 0.5) is 5.69 Å². The number of para-hydroxylation sites is 2. The predicted molar refractivity (Wildman–Crippen MR) is 103 cm³/mol. The van der Waals surface area contributed by atoms with Crippen molar-refractivity contribution in [1.29, 1.82) is 0 Å². The van der Waals surface area contributed by atoms with Gasteiger partial charge in [-0.15, -0.1) is 0 Å². The van der Waals surface area contributed by atoms with Crippen molar-refractivity contribution in [2.45, 2.75) is 6.61 Å². The number of ether oxygens (including phenoxy) is 2. The number of carbonyl (C=O) groups is 2. The second-order valence-electron chi connectivity index (χ2n) is 5.79. The van der Waals surface area contributed by atoms with Crippen LogP contribution in [-0.2, 0) is 11.3 Å². The first kappa shape index (κ1) is 18.2. The molecule has 0 saturated heterocycles. The quantitative estimate of drug-likeness (QED) is 0.665. The van der Waals surface area contributed by atoms with Crippen LogP contribution >= 0.6 is 0 Å². The van der Waals surface area contributed by atoms with Gasteiger partial charge in [0.05, 0.1) is 18.4 Å². The third-order valence-corrected chi connectivity index (χ3v) is 3.95. The highest BCUT2D eigenvalue weighted by molar-refractivity contribution is 6.07. The molecule has 0 aliphatic heterocycles. The zero-order chi connectivity index (χ0) is 19.1. The molecule has 0 aliphatic carbocycles. The Kier molecular flexibility index (Phi) is 5.84. The molecule has 136 valence electrons. The van der Waals surface area contributed by atoms with Crippen molar-refractivity contribution in [3.05, 3.63) is 95.6 Å². The van der Waals surface area contributed by atoms with Gasteiger partial charge in [0.1, 0.15) is 12.4 Å². The van der Waals surface area contributed by atoms with E-state index in [4.69, 9.17) is 9.47 Å². The maximum absolute atomic E-state index is 12.5. The summed E-state index contributed by atoms with van der Waals surface area (Å²) >= 11 is 0. The molecule has 3 aromatic rings. The van der Waals surface area contributed by atoms with Crippen molar-refractivity contribution in [3.63, 3.8) is 0 Å². The van der Waals surface area contributed by atoms with E-state index in [1.807, 2.05) is 42.5 Å². The van der Waals surface area contributed by atoms with E-state index in [-0.39, 0.29) is 5.91 Å². The van der Waals surface area contributed by atoms with Gasteiger partial charge in [-0.3, -0.25) is 4.79 Å². The molecule has 0 spiro atoms. The van der Waals surface area contributed by atoms with Crippen molar-refractivity contribution in [2.24, 2.45) is 0 Å². The Morgan fingerprint density at radius 1 is 0.852 bits per heavy atom. The summed E-state index contributed by atoms with van der Waals surface area (Å²) in [5.41, 5.74) is 2.15. The summed E-state index contributed by atoms with van der Waals surface area (Å²) in [7, 11) is 1.30. The lowest BCUT2D eigenvalue weighted by Gasteiger charge is -2.10. The minimum Gasteiger partial charge on any atom is -0.489 e. The number of amides is 1. The number of methoxy groups -OCH3 is 1. The van der Waals surface area contributed by atoms with E-state index >= 15 is 0 Å². The summed E-state index contributed by atoms with van der Waals surface area (Å²) in [6, 6.07) is 23.4. The van der Waals surface area contributed by atoms with Crippen molar-refractivity contribution >= 4 is 17.6 Å². The number of anilines is 1. The van der Waals surface area contributed by atoms with E-state index < -0.39 is 5.97 Å². The topological polar surface area (TPSA) is 64.6 Å². The van der Waals surface area contributed by atoms with Gasteiger partial charge in [-0.05, 0) is 42.0 Å². The van der Waals surface area contributed by atoms with Gasteiger partial charge in [0.15, 0.2) is 0 Å². The number of hydrogen-bond acceptors (Lipinski definition) is 4. The van der Waals surface area contributed by atoms with Crippen LogP contribution in [0.2, 0.25) is 0 Å². The van der Waals surface area contributed by atoms with E-state index in [1.165, 1.54) is 7.11 Å². The summed E-state index contributed by atoms with van der Waals surface area (Å²) in [5.74, 6) is -0.0140. The highest BCUT2D eigenvalue weighted by Crippen LogP contribution is 2.18. The van der Waals surface area contributed by atoms with E-state index in [2.05, 4.69) is 5.32 Å². The molecule has 0 aromatic heterocycles. The number of benzene rings is 3. The molecular weight excluding hydrogens is 342 g/mol. The summed E-state index contributed by atoms with van der Waals surface area (Å²) < 4.78 is 10.4. The lowest BCUT2D eigenvalue weighted by molar-refractivity contribution is 0.0602. The molecule has 3 aromatic carbocycles. The van der Waals surface area contributed by atoms with E-state index in [0.29, 0.717) is 23.4 Å². The maximum Gasteiger partial charge on any atom is 0.339 e. The average Bonchev–Trinajstić information content (AvgIpc) is 2.73. The zero-order valence-electron chi connectivity index (χ0n) is 14.8. The predicted octanol–water partition coefficient (Wildman–Crippen LogP) is 4.30. The smallest absolute Gasteiger partial charge is 0.339 e. The molecule has 5 heteroatoms. The molecule has 1 N–H and O–H groups in total. The van der Waals surface area contributed by atoms with E-state index in [1.54, 1.807) is 36.4 Å². The molecule has 27 heavy (non-hydrogen) atoms. The van der Waals surface area contributed by atoms with Crippen LogP contribution in [0.1, 0.15) is 26.3 Å². The van der Waals surface area contributed by atoms with Gasteiger partial charge in [0, 0.05) is 5.56 Å². The summed E-state index contributed by atoms with van der Waals surface area (Å²) in [6.07, 6.45) is 0. The van der Waals surface area contributed by atoms with Gasteiger partial charge in [-0.25, -0.2) is 4.79 Å². The summed E-state index contributed by atoms with van der Waals surface area (Å²) in [6.45, 7) is 0.414. The standard InChI is InChI=1S/C22H19NO4/c1-26-22(25)19-9-5-6-10-20(19)23-21(24)17-13-11-16(12-14-17)15-27-18-7-3-2-4-8-18/h2-14H,15H2,1H3,(H,23,24). The fourth-order valence-corrected chi connectivity index (χ4v) is 2.51. The molecule has 0 fully saturated rings.